The maximum absolute atomic E-state index is 14.7. The summed E-state index contributed by atoms with van der Waals surface area (Å²) in [6.07, 6.45) is -13.5. The van der Waals surface area contributed by atoms with Crippen molar-refractivity contribution in [1.82, 2.24) is 42.1 Å². The second-order valence-corrected chi connectivity index (χ2v) is 17.9. The molecule has 2 saturated heterocycles. The smallest absolute Gasteiger partial charge is 0.246 e. The van der Waals surface area contributed by atoms with Crippen LogP contribution in [0.3, 0.4) is 0 Å². The maximum atomic E-state index is 14.7. The first kappa shape index (κ1) is 53.1. The molecule has 4 heterocycles. The van der Waals surface area contributed by atoms with Gasteiger partial charge in [0.2, 0.25) is 35.4 Å². The number of aromatic hydroxyl groups is 1. The summed E-state index contributed by atoms with van der Waals surface area (Å²) < 4.78 is 5.87. The lowest BCUT2D eigenvalue weighted by Gasteiger charge is -2.46. The molecular formula is C42H57BrN12O15. The van der Waals surface area contributed by atoms with Gasteiger partial charge in [-0.15, -0.1) is 0 Å². The number of aliphatic hydroxyl groups excluding tert-OH is 7. The van der Waals surface area contributed by atoms with E-state index in [9.17, 15) is 69.6 Å². The number of carbonyl (C=O) groups is 6. The van der Waals surface area contributed by atoms with Crippen molar-refractivity contribution in [3.63, 3.8) is 0 Å². The first-order valence-corrected chi connectivity index (χ1v) is 22.8. The van der Waals surface area contributed by atoms with E-state index < -0.39 is 159 Å². The number of nitrogens with one attached hydrogen (secondary N) is 7. The van der Waals surface area contributed by atoms with E-state index in [0.717, 1.165) is 4.90 Å². The summed E-state index contributed by atoms with van der Waals surface area (Å²) in [6, 6.07) is 0.625. The Morgan fingerprint density at radius 1 is 0.743 bits per heavy atom. The lowest BCUT2D eigenvalue weighted by atomic mass is 9.92. The lowest BCUT2D eigenvalue weighted by Crippen LogP contribution is -2.70. The third-order valence-corrected chi connectivity index (χ3v) is 13.0. The first-order chi connectivity index (χ1) is 33.2. The minimum atomic E-state index is -2.26. The monoisotopic (exact) mass is 1050 g/mol. The fourth-order valence-electron chi connectivity index (χ4n) is 8.39. The Bertz CT molecular complexity index is 2320. The molecule has 382 valence electrons. The molecular weight excluding hydrogens is 992 g/mol. The van der Waals surface area contributed by atoms with Crippen LogP contribution in [0, 0.1) is 0 Å². The van der Waals surface area contributed by atoms with Gasteiger partial charge in [0, 0.05) is 12.3 Å². The molecule has 0 aliphatic carbocycles. The summed E-state index contributed by atoms with van der Waals surface area (Å²) in [6.45, 7) is -1.91. The Labute approximate surface area is 407 Å². The van der Waals surface area contributed by atoms with Gasteiger partial charge in [0.15, 0.2) is 18.1 Å². The maximum Gasteiger partial charge on any atom is 0.246 e. The molecule has 2 aromatic carbocycles. The van der Waals surface area contributed by atoms with Crippen LogP contribution < -0.4 is 48.7 Å². The van der Waals surface area contributed by atoms with Crippen LogP contribution in [0.5, 0.6) is 5.75 Å². The molecule has 0 saturated carbocycles. The van der Waals surface area contributed by atoms with Crippen LogP contribution in [-0.4, -0.2) is 211 Å². The summed E-state index contributed by atoms with van der Waals surface area (Å²) in [5.74, 6) is -8.39. The number of carbonyl (C=O) groups excluding carboxylic acids is 6. The number of amides is 6. The number of ether oxygens (including phenoxy) is 1. The van der Waals surface area contributed by atoms with E-state index >= 15 is 0 Å². The second kappa shape index (κ2) is 23.1. The number of hydrogen-bond donors (Lipinski definition) is 17. The molecule has 28 heteroatoms. The van der Waals surface area contributed by atoms with Gasteiger partial charge in [-0.3, -0.25) is 38.8 Å². The number of nitrogens with zero attached hydrogens (tertiary/aromatic N) is 3. The second-order valence-electron chi connectivity index (χ2n) is 17.1. The molecule has 5 unspecified atom stereocenters. The zero-order valence-corrected chi connectivity index (χ0v) is 38.9. The molecule has 15 atom stereocenters. The van der Waals surface area contributed by atoms with E-state index in [-0.39, 0.29) is 29.1 Å². The van der Waals surface area contributed by atoms with Crippen molar-refractivity contribution in [2.24, 2.45) is 21.5 Å². The van der Waals surface area contributed by atoms with E-state index in [1.807, 2.05) is 0 Å². The van der Waals surface area contributed by atoms with E-state index in [4.69, 9.17) is 16.2 Å². The average Bonchev–Trinajstić information content (AvgIpc) is 3.96. The van der Waals surface area contributed by atoms with Gasteiger partial charge >= 0.3 is 0 Å². The Morgan fingerprint density at radius 2 is 1.39 bits per heavy atom. The summed E-state index contributed by atoms with van der Waals surface area (Å²) in [5, 5.41) is 104. The van der Waals surface area contributed by atoms with Crippen molar-refractivity contribution >= 4 is 63.3 Å². The van der Waals surface area contributed by atoms with Gasteiger partial charge in [0.25, 0.3) is 0 Å². The van der Waals surface area contributed by atoms with Crippen molar-refractivity contribution in [1.29, 1.82) is 0 Å². The summed E-state index contributed by atoms with van der Waals surface area (Å²) in [7, 11) is 0. The molecule has 0 bridgehead atoms. The molecule has 4 aliphatic rings. The fourth-order valence-corrected chi connectivity index (χ4v) is 8.81. The number of hydrogen-bond acceptors (Lipinski definition) is 21. The molecule has 19 N–H and O–H groups in total. The van der Waals surface area contributed by atoms with Gasteiger partial charge in [0.05, 0.1) is 49.4 Å². The number of rotatable bonds is 11. The lowest BCUT2D eigenvalue weighted by molar-refractivity contribution is -0.260. The highest BCUT2D eigenvalue weighted by Gasteiger charge is 2.52. The van der Waals surface area contributed by atoms with Crippen LogP contribution in [0.15, 0.2) is 63.0 Å². The Balaban J connectivity index is 1.42. The largest absolute Gasteiger partial charge is 0.507 e. The van der Waals surface area contributed by atoms with Gasteiger partial charge in [-0.25, -0.2) is 0 Å². The number of nitrogens with two attached hydrogens (primary N) is 2. The number of aliphatic hydroxyl groups is 7. The van der Waals surface area contributed by atoms with Crippen LogP contribution in [-0.2, 0) is 39.9 Å². The Hall–Kier alpha value is -6.24. The molecule has 6 rings (SSSR count). The van der Waals surface area contributed by atoms with Gasteiger partial charge in [-0.05, 0) is 39.2 Å². The fraction of sp³-hybridized carbons (Fsp3) is 0.524. The predicted molar refractivity (Wildman–Crippen MR) is 245 cm³/mol. The SMILES string of the molecule is CC(c1ccccc1)[C@@H]1NC(=O)CNC(=O)[C@H](CO)NC(=O)[C@@H](C(O)C2CN=C(N)N2[C@H]2O[C@H](CO)[C@@H](O)[C@H](O)[C@@H]2O)NC(=O)[C@H](C(O)C2CN=C(N)N2)NC(=O)[C@@H](Cc2ccc(O)c(Br)c2)NC1=O. The van der Waals surface area contributed by atoms with Crippen molar-refractivity contribution in [3.05, 3.63) is 64.1 Å². The Kier molecular flexibility index (Phi) is 17.5. The van der Waals surface area contributed by atoms with Crippen molar-refractivity contribution in [2.45, 2.75) is 104 Å². The molecule has 2 fully saturated rings. The summed E-state index contributed by atoms with van der Waals surface area (Å²) >= 11 is 3.23. The van der Waals surface area contributed by atoms with Crippen LogP contribution in [0.4, 0.5) is 0 Å². The molecule has 0 radical (unpaired) electrons. The number of phenolic OH excluding ortho intramolecular Hbond substituents is 1. The quantitative estimate of drug-likeness (QED) is 0.0994. The molecule has 27 nitrogen and oxygen atoms in total. The highest BCUT2D eigenvalue weighted by Crippen LogP contribution is 2.29. The van der Waals surface area contributed by atoms with Crippen LogP contribution in [0.2, 0.25) is 0 Å². The van der Waals surface area contributed by atoms with Crippen molar-refractivity contribution in [3.8, 4) is 5.75 Å². The van der Waals surface area contributed by atoms with Crippen LogP contribution in [0.1, 0.15) is 24.0 Å². The molecule has 0 aromatic heterocycles. The zero-order chi connectivity index (χ0) is 51.1. The minimum absolute atomic E-state index is 0.146. The summed E-state index contributed by atoms with van der Waals surface area (Å²) in [4.78, 5) is 94.3. The molecule has 6 amide bonds. The number of halogens is 1. The Morgan fingerprint density at radius 3 is 2.03 bits per heavy atom. The van der Waals surface area contributed by atoms with Crippen molar-refractivity contribution in [2.75, 3.05) is 32.8 Å². The van der Waals surface area contributed by atoms with E-state index in [1.165, 1.54) is 18.2 Å². The van der Waals surface area contributed by atoms with Gasteiger partial charge < -0.3 is 99.2 Å². The predicted octanol–water partition coefficient (Wildman–Crippen LogP) is -8.15. The van der Waals surface area contributed by atoms with E-state index in [2.05, 4.69) is 63.1 Å². The molecule has 2 aromatic rings. The first-order valence-electron chi connectivity index (χ1n) is 22.0. The van der Waals surface area contributed by atoms with Crippen LogP contribution >= 0.6 is 15.9 Å². The number of aliphatic imine (C=N–C) groups is 2. The standard InChI is InChI=1S/C42H57BrN12O15/c1-16(18-5-3-2-4-6-18)27-37(67)49-20(10-17-7-8-24(58)19(43)9-17)36(66)53-28(30(60)21-11-47-41(44)51-21)39(69)54-29(38(68)50-22(14-56)35(65)46-13-26(59)52-27)31(61)23-12-48-42(45)55(23)40-34(64)33(63)32(62)25(15-57)70-40/h2-9,16,20-23,25,27-34,40,56-58,60-64H,10-15H2,1H3,(H2,45,48)(H,46,65)(H,49,67)(H,50,68)(H,52,59)(H,53,66)(H,54,69)(H3,44,47,51)/t16?,20-,21?,22+,23?,25-,27+,28+,29-,30?,31?,32-,33+,34+,40+/m1/s1. The minimum Gasteiger partial charge on any atom is -0.507 e. The van der Waals surface area contributed by atoms with E-state index in [0.29, 0.717) is 11.1 Å². The highest BCUT2D eigenvalue weighted by molar-refractivity contribution is 9.10. The van der Waals surface area contributed by atoms with Crippen molar-refractivity contribution < 1.29 is 74.4 Å². The third kappa shape index (κ3) is 12.0. The van der Waals surface area contributed by atoms with E-state index in [1.54, 1.807) is 37.3 Å². The number of guanidine groups is 2. The molecule has 70 heavy (non-hydrogen) atoms. The number of benzene rings is 2. The number of phenols is 1. The topological polar surface area (TPSA) is 438 Å². The van der Waals surface area contributed by atoms with Crippen LogP contribution in [0.25, 0.3) is 0 Å². The van der Waals surface area contributed by atoms with Gasteiger partial charge in [0.1, 0.15) is 72.6 Å². The summed E-state index contributed by atoms with van der Waals surface area (Å²) in [5.41, 5.74) is 12.9. The molecule has 0 spiro atoms. The average molecular weight is 1050 g/mol. The van der Waals surface area contributed by atoms with Gasteiger partial charge in [-0.2, -0.15) is 0 Å². The normalized spacial score (nSPS) is 32.0. The zero-order valence-electron chi connectivity index (χ0n) is 37.3. The molecule has 4 aliphatic heterocycles. The third-order valence-electron chi connectivity index (χ3n) is 12.4. The highest BCUT2D eigenvalue weighted by atomic mass is 79.9. The van der Waals surface area contributed by atoms with Gasteiger partial charge in [-0.1, -0.05) is 43.3 Å².